The second kappa shape index (κ2) is 7.77. The van der Waals surface area contributed by atoms with Gasteiger partial charge in [0.05, 0.1) is 24.5 Å². The van der Waals surface area contributed by atoms with Gasteiger partial charge in [-0.1, -0.05) is 53.0 Å². The fraction of sp³-hybridized carbons (Fsp3) is 0.167. The molecule has 130 valence electrons. The van der Waals surface area contributed by atoms with Gasteiger partial charge in [0.1, 0.15) is 0 Å². The van der Waals surface area contributed by atoms with Gasteiger partial charge < -0.3 is 14.4 Å². The van der Waals surface area contributed by atoms with E-state index in [1.165, 1.54) is 0 Å². The summed E-state index contributed by atoms with van der Waals surface area (Å²) in [4.78, 5) is 3.99. The molecule has 1 N–H and O–H groups in total. The average Bonchev–Trinajstić information content (AvgIpc) is 3.07. The maximum absolute atomic E-state index is 11.2. The first kappa shape index (κ1) is 18.2. The molecule has 1 heterocycles. The molecule has 25 heavy (non-hydrogen) atoms. The molecular formula is C18H15Cl3N2O2. The van der Waals surface area contributed by atoms with Crippen LogP contribution in [-0.2, 0) is 23.7 Å². The quantitative estimate of drug-likeness (QED) is 0.601. The molecule has 1 aromatic heterocycles. The lowest BCUT2D eigenvalue weighted by atomic mass is 10.1. The number of imidazole rings is 1. The lowest BCUT2D eigenvalue weighted by Gasteiger charge is -2.30. The number of nitrogens with zero attached hydrogens (tertiary/aromatic N) is 2. The van der Waals surface area contributed by atoms with Gasteiger partial charge in [-0.3, -0.25) is 0 Å². The number of hydrogen-bond donors (Lipinski definition) is 1. The Morgan fingerprint density at radius 3 is 2.40 bits per heavy atom. The summed E-state index contributed by atoms with van der Waals surface area (Å²) in [6.07, 6.45) is 4.96. The van der Waals surface area contributed by atoms with Crippen molar-refractivity contribution in [3.05, 3.63) is 87.4 Å². The van der Waals surface area contributed by atoms with Crippen molar-refractivity contribution in [2.45, 2.75) is 18.9 Å². The van der Waals surface area contributed by atoms with E-state index in [0.29, 0.717) is 20.6 Å². The van der Waals surface area contributed by atoms with Crippen LogP contribution in [0.25, 0.3) is 0 Å². The van der Waals surface area contributed by atoms with Crippen molar-refractivity contribution in [3.63, 3.8) is 0 Å². The summed E-state index contributed by atoms with van der Waals surface area (Å²) in [6.45, 7) is 0.309. The molecule has 3 rings (SSSR count). The molecule has 3 aromatic rings. The number of aromatic nitrogens is 2. The third-order valence-electron chi connectivity index (χ3n) is 3.70. The molecule has 2 aromatic carbocycles. The number of aliphatic hydroxyl groups is 1. The number of ether oxygens (including phenoxy) is 1. The SMILES string of the molecule is O[C@@](Cn1ccnc1)(OCc1ccc(Cl)cc1)c1ccc(Cl)cc1Cl. The highest BCUT2D eigenvalue weighted by atomic mass is 35.5. The van der Waals surface area contributed by atoms with Crippen LogP contribution in [0.1, 0.15) is 11.1 Å². The van der Waals surface area contributed by atoms with Crippen molar-refractivity contribution in [2.24, 2.45) is 0 Å². The van der Waals surface area contributed by atoms with Gasteiger partial charge in [-0.05, 0) is 29.8 Å². The molecule has 1 atom stereocenters. The molecule has 0 saturated heterocycles. The molecule has 0 radical (unpaired) electrons. The zero-order chi connectivity index (χ0) is 17.9. The number of benzene rings is 2. The number of rotatable bonds is 6. The summed E-state index contributed by atoms with van der Waals surface area (Å²) < 4.78 is 7.59. The van der Waals surface area contributed by atoms with Gasteiger partial charge in [-0.2, -0.15) is 0 Å². The Morgan fingerprint density at radius 1 is 1.04 bits per heavy atom. The van der Waals surface area contributed by atoms with Gasteiger partial charge in [0.15, 0.2) is 0 Å². The number of halogens is 3. The van der Waals surface area contributed by atoms with Crippen molar-refractivity contribution in [1.82, 2.24) is 9.55 Å². The van der Waals surface area contributed by atoms with Crippen LogP contribution in [0, 0.1) is 0 Å². The lowest BCUT2D eigenvalue weighted by Crippen LogP contribution is -2.34. The van der Waals surface area contributed by atoms with Crippen LogP contribution in [0.5, 0.6) is 0 Å². The van der Waals surface area contributed by atoms with E-state index in [4.69, 9.17) is 39.5 Å². The van der Waals surface area contributed by atoms with Crippen LogP contribution >= 0.6 is 34.8 Å². The fourth-order valence-corrected chi connectivity index (χ4v) is 3.11. The van der Waals surface area contributed by atoms with E-state index < -0.39 is 5.79 Å². The Balaban J connectivity index is 1.89. The summed E-state index contributed by atoms with van der Waals surface area (Å²) >= 11 is 18.2. The summed E-state index contributed by atoms with van der Waals surface area (Å²) in [5.41, 5.74) is 1.31. The van der Waals surface area contributed by atoms with Crippen molar-refractivity contribution in [2.75, 3.05) is 0 Å². The van der Waals surface area contributed by atoms with E-state index in [2.05, 4.69) is 4.98 Å². The normalized spacial score (nSPS) is 13.6. The third-order valence-corrected chi connectivity index (χ3v) is 4.50. The van der Waals surface area contributed by atoms with Crippen LogP contribution in [0.4, 0.5) is 0 Å². The summed E-state index contributed by atoms with van der Waals surface area (Å²) in [5, 5.41) is 12.7. The Bertz CT molecular complexity index is 838. The Labute approximate surface area is 160 Å². The van der Waals surface area contributed by atoms with Gasteiger partial charge in [0.25, 0.3) is 0 Å². The highest BCUT2D eigenvalue weighted by molar-refractivity contribution is 6.35. The van der Waals surface area contributed by atoms with E-state index in [0.717, 1.165) is 5.56 Å². The maximum atomic E-state index is 11.2. The van der Waals surface area contributed by atoms with E-state index >= 15 is 0 Å². The first-order valence-electron chi connectivity index (χ1n) is 7.48. The predicted octanol–water partition coefficient (Wildman–Crippen LogP) is 4.91. The Kier molecular flexibility index (Phi) is 5.67. The van der Waals surface area contributed by atoms with E-state index in [1.54, 1.807) is 53.6 Å². The fourth-order valence-electron chi connectivity index (χ4n) is 2.43. The molecular weight excluding hydrogens is 383 g/mol. The molecule has 0 spiro atoms. The topological polar surface area (TPSA) is 47.3 Å². The summed E-state index contributed by atoms with van der Waals surface area (Å²) in [5.74, 6) is -1.65. The van der Waals surface area contributed by atoms with Gasteiger partial charge in [-0.15, -0.1) is 0 Å². The minimum absolute atomic E-state index is 0.127. The van der Waals surface area contributed by atoms with E-state index in [1.807, 2.05) is 12.1 Å². The second-order valence-electron chi connectivity index (χ2n) is 5.56. The van der Waals surface area contributed by atoms with Crippen LogP contribution in [0.15, 0.2) is 61.2 Å². The zero-order valence-electron chi connectivity index (χ0n) is 13.1. The maximum Gasteiger partial charge on any atom is 0.212 e. The summed E-state index contributed by atoms with van der Waals surface area (Å²) in [7, 11) is 0. The smallest absolute Gasteiger partial charge is 0.212 e. The molecule has 7 heteroatoms. The first-order chi connectivity index (χ1) is 12.0. The molecule has 0 unspecified atom stereocenters. The van der Waals surface area contributed by atoms with Gasteiger partial charge in [0, 0.05) is 28.0 Å². The minimum Gasteiger partial charge on any atom is -0.360 e. The number of hydrogen-bond acceptors (Lipinski definition) is 3. The molecule has 0 saturated carbocycles. The lowest BCUT2D eigenvalue weighted by molar-refractivity contribution is -0.229. The molecule has 0 aliphatic rings. The van der Waals surface area contributed by atoms with Gasteiger partial charge in [0.2, 0.25) is 5.79 Å². The highest BCUT2D eigenvalue weighted by Crippen LogP contribution is 2.33. The van der Waals surface area contributed by atoms with Crippen LogP contribution in [-0.4, -0.2) is 14.7 Å². The molecule has 0 aliphatic heterocycles. The average molecular weight is 398 g/mol. The van der Waals surface area contributed by atoms with E-state index in [-0.39, 0.29) is 13.2 Å². The Hall–Kier alpha value is -1.56. The second-order valence-corrected chi connectivity index (χ2v) is 6.84. The monoisotopic (exact) mass is 396 g/mol. The highest BCUT2D eigenvalue weighted by Gasteiger charge is 2.33. The van der Waals surface area contributed by atoms with Crippen molar-refractivity contribution < 1.29 is 9.84 Å². The first-order valence-corrected chi connectivity index (χ1v) is 8.62. The standard InChI is InChI=1S/C18H15Cl3N2O2/c19-14-3-1-13(2-4-14)10-25-18(24,11-23-8-7-22-12-23)16-6-5-15(20)9-17(16)21/h1-9,12,24H,10-11H2/t18-/m0/s1. The van der Waals surface area contributed by atoms with Crippen molar-refractivity contribution in [3.8, 4) is 0 Å². The van der Waals surface area contributed by atoms with Crippen LogP contribution in [0.3, 0.4) is 0 Å². The summed E-state index contributed by atoms with van der Waals surface area (Å²) in [6, 6.07) is 12.1. The molecule has 0 fully saturated rings. The largest absolute Gasteiger partial charge is 0.360 e. The van der Waals surface area contributed by atoms with E-state index in [9.17, 15) is 5.11 Å². The zero-order valence-corrected chi connectivity index (χ0v) is 15.3. The molecule has 0 bridgehead atoms. The van der Waals surface area contributed by atoms with Crippen LogP contribution < -0.4 is 0 Å². The Morgan fingerprint density at radius 2 is 1.76 bits per heavy atom. The van der Waals surface area contributed by atoms with Crippen molar-refractivity contribution >= 4 is 34.8 Å². The third kappa shape index (κ3) is 4.54. The van der Waals surface area contributed by atoms with Gasteiger partial charge >= 0.3 is 0 Å². The molecule has 0 amide bonds. The molecule has 4 nitrogen and oxygen atoms in total. The molecule has 0 aliphatic carbocycles. The van der Waals surface area contributed by atoms with Crippen molar-refractivity contribution in [1.29, 1.82) is 0 Å². The minimum atomic E-state index is -1.65. The van der Waals surface area contributed by atoms with Crippen LogP contribution in [0.2, 0.25) is 15.1 Å². The van der Waals surface area contributed by atoms with Gasteiger partial charge in [-0.25, -0.2) is 4.98 Å². The predicted molar refractivity (Wildman–Crippen MR) is 98.8 cm³/mol.